The molecule has 1 aliphatic heterocycles. The molecule has 6 heteroatoms. The molecule has 3 rings (SSSR count). The third-order valence-corrected chi connectivity index (χ3v) is 5.04. The molecule has 1 heterocycles. The highest BCUT2D eigenvalue weighted by Crippen LogP contribution is 2.35. The fourth-order valence-corrected chi connectivity index (χ4v) is 3.75. The highest BCUT2D eigenvalue weighted by atomic mass is 32.2. The van der Waals surface area contributed by atoms with Gasteiger partial charge in [-0.15, -0.1) is 0 Å². The van der Waals surface area contributed by atoms with Crippen LogP contribution in [0.5, 0.6) is 5.75 Å². The minimum atomic E-state index is -0.0642. The van der Waals surface area contributed by atoms with E-state index in [0.29, 0.717) is 36.4 Å². The molecule has 5 nitrogen and oxygen atoms in total. The Labute approximate surface area is 170 Å². The second-order valence-corrected chi connectivity index (χ2v) is 6.97. The van der Waals surface area contributed by atoms with Crippen molar-refractivity contribution in [2.24, 2.45) is 4.99 Å². The molecular formula is C22H24N2O3S. The predicted octanol–water partition coefficient (Wildman–Crippen LogP) is 4.73. The van der Waals surface area contributed by atoms with Crippen molar-refractivity contribution in [3.8, 4) is 5.75 Å². The Morgan fingerprint density at radius 1 is 1.04 bits per heavy atom. The van der Waals surface area contributed by atoms with Gasteiger partial charge < -0.3 is 9.47 Å². The number of thioether (sulfide) groups is 1. The van der Waals surface area contributed by atoms with Gasteiger partial charge >= 0.3 is 0 Å². The van der Waals surface area contributed by atoms with E-state index in [9.17, 15) is 4.79 Å². The van der Waals surface area contributed by atoms with E-state index in [-0.39, 0.29) is 5.91 Å². The van der Waals surface area contributed by atoms with Crippen molar-refractivity contribution in [3.05, 3.63) is 65.1 Å². The van der Waals surface area contributed by atoms with Crippen LogP contribution in [0.15, 0.2) is 64.5 Å². The van der Waals surface area contributed by atoms with Crippen molar-refractivity contribution in [1.82, 2.24) is 4.90 Å². The highest BCUT2D eigenvalue weighted by molar-refractivity contribution is 8.18. The number of amidine groups is 1. The maximum Gasteiger partial charge on any atom is 0.266 e. The van der Waals surface area contributed by atoms with E-state index in [1.165, 1.54) is 11.8 Å². The SMILES string of the molecule is CCOCCN1C(=O)/C(=C/c2ccccc2OCC)SC1=Nc1ccccc1. The van der Waals surface area contributed by atoms with E-state index in [1.807, 2.05) is 74.5 Å². The molecule has 1 fully saturated rings. The average molecular weight is 397 g/mol. The second kappa shape index (κ2) is 10.1. The van der Waals surface area contributed by atoms with Crippen LogP contribution in [0.3, 0.4) is 0 Å². The molecule has 0 bridgehead atoms. The number of rotatable bonds is 8. The third-order valence-electron chi connectivity index (χ3n) is 4.04. The molecule has 2 aromatic rings. The van der Waals surface area contributed by atoms with Gasteiger partial charge in [-0.2, -0.15) is 0 Å². The number of hydrogen-bond donors (Lipinski definition) is 0. The largest absolute Gasteiger partial charge is 0.493 e. The van der Waals surface area contributed by atoms with Gasteiger partial charge in [0, 0.05) is 12.2 Å². The summed E-state index contributed by atoms with van der Waals surface area (Å²) in [5.74, 6) is 0.700. The molecule has 0 spiro atoms. The van der Waals surface area contributed by atoms with Crippen LogP contribution in [0.25, 0.3) is 6.08 Å². The van der Waals surface area contributed by atoms with Gasteiger partial charge in [-0.05, 0) is 49.9 Å². The van der Waals surface area contributed by atoms with E-state index in [4.69, 9.17) is 9.47 Å². The number of aliphatic imine (C=N–C) groups is 1. The Morgan fingerprint density at radius 3 is 2.54 bits per heavy atom. The summed E-state index contributed by atoms with van der Waals surface area (Å²) in [6.07, 6.45) is 1.87. The number of para-hydroxylation sites is 2. The van der Waals surface area contributed by atoms with Crippen molar-refractivity contribution in [2.75, 3.05) is 26.4 Å². The fraction of sp³-hybridized carbons (Fsp3) is 0.273. The Hall–Kier alpha value is -2.57. The Morgan fingerprint density at radius 2 is 1.79 bits per heavy atom. The molecule has 1 aliphatic rings. The molecule has 146 valence electrons. The molecule has 0 aromatic heterocycles. The van der Waals surface area contributed by atoms with Crippen LogP contribution in [-0.2, 0) is 9.53 Å². The van der Waals surface area contributed by atoms with Gasteiger partial charge in [0.05, 0.1) is 30.4 Å². The number of ether oxygens (including phenoxy) is 2. The Bertz CT molecular complexity index is 865. The van der Waals surface area contributed by atoms with Crippen LogP contribution in [0.4, 0.5) is 5.69 Å². The first-order valence-corrected chi connectivity index (χ1v) is 10.2. The number of benzene rings is 2. The van der Waals surface area contributed by atoms with Crippen molar-refractivity contribution in [2.45, 2.75) is 13.8 Å². The maximum absolute atomic E-state index is 13.0. The number of nitrogens with zero attached hydrogens (tertiary/aromatic N) is 2. The third kappa shape index (κ3) is 5.03. The molecule has 0 N–H and O–H groups in total. The molecular weight excluding hydrogens is 372 g/mol. The van der Waals surface area contributed by atoms with Crippen molar-refractivity contribution < 1.29 is 14.3 Å². The monoisotopic (exact) mass is 396 g/mol. The van der Waals surface area contributed by atoms with E-state index < -0.39 is 0 Å². The average Bonchev–Trinajstić information content (AvgIpc) is 2.99. The topological polar surface area (TPSA) is 51.1 Å². The predicted molar refractivity (Wildman–Crippen MR) is 115 cm³/mol. The number of amides is 1. The molecule has 28 heavy (non-hydrogen) atoms. The lowest BCUT2D eigenvalue weighted by atomic mass is 10.2. The summed E-state index contributed by atoms with van der Waals surface area (Å²) >= 11 is 1.38. The zero-order valence-electron chi connectivity index (χ0n) is 16.1. The van der Waals surface area contributed by atoms with Gasteiger partial charge in [-0.25, -0.2) is 4.99 Å². The summed E-state index contributed by atoms with van der Waals surface area (Å²) in [6, 6.07) is 17.4. The highest BCUT2D eigenvalue weighted by Gasteiger charge is 2.33. The van der Waals surface area contributed by atoms with E-state index >= 15 is 0 Å². The van der Waals surface area contributed by atoms with E-state index in [1.54, 1.807) is 4.90 Å². The van der Waals surface area contributed by atoms with Crippen LogP contribution in [0.1, 0.15) is 19.4 Å². The van der Waals surface area contributed by atoms with Crippen LogP contribution >= 0.6 is 11.8 Å². The Kier molecular flexibility index (Phi) is 7.28. The van der Waals surface area contributed by atoms with Gasteiger partial charge in [0.15, 0.2) is 5.17 Å². The minimum Gasteiger partial charge on any atom is -0.493 e. The molecule has 0 radical (unpaired) electrons. The van der Waals surface area contributed by atoms with Crippen LogP contribution in [0, 0.1) is 0 Å². The molecule has 2 aromatic carbocycles. The first-order chi connectivity index (χ1) is 13.7. The van der Waals surface area contributed by atoms with Gasteiger partial charge in [-0.3, -0.25) is 9.69 Å². The number of hydrogen-bond acceptors (Lipinski definition) is 5. The first kappa shape index (κ1) is 20.2. The standard InChI is InChI=1S/C22H24N2O3S/c1-3-26-15-14-24-21(25)20(16-17-10-8-9-13-19(17)27-4-2)28-22(24)23-18-11-6-5-7-12-18/h5-13,16H,3-4,14-15H2,1-2H3/b20-16-,23-22?. The molecule has 0 aliphatic carbocycles. The molecule has 1 amide bonds. The molecule has 0 unspecified atom stereocenters. The van der Waals surface area contributed by atoms with E-state index in [2.05, 4.69) is 4.99 Å². The first-order valence-electron chi connectivity index (χ1n) is 9.37. The van der Waals surface area contributed by atoms with Crippen LogP contribution in [-0.4, -0.2) is 42.3 Å². The smallest absolute Gasteiger partial charge is 0.266 e. The lowest BCUT2D eigenvalue weighted by Crippen LogP contribution is -2.32. The van der Waals surface area contributed by atoms with Gasteiger partial charge in [0.25, 0.3) is 5.91 Å². The van der Waals surface area contributed by atoms with Gasteiger partial charge in [0.1, 0.15) is 5.75 Å². The summed E-state index contributed by atoms with van der Waals surface area (Å²) in [7, 11) is 0. The van der Waals surface area contributed by atoms with Gasteiger partial charge in [0.2, 0.25) is 0 Å². The zero-order valence-corrected chi connectivity index (χ0v) is 16.9. The fourth-order valence-electron chi connectivity index (χ4n) is 2.73. The molecule has 0 saturated carbocycles. The quantitative estimate of drug-likeness (QED) is 0.478. The van der Waals surface area contributed by atoms with Crippen molar-refractivity contribution >= 4 is 34.6 Å². The number of carbonyl (C=O) groups excluding carboxylic acids is 1. The van der Waals surface area contributed by atoms with E-state index in [0.717, 1.165) is 17.0 Å². The van der Waals surface area contributed by atoms with Gasteiger partial charge in [-0.1, -0.05) is 36.4 Å². The minimum absolute atomic E-state index is 0.0642. The summed E-state index contributed by atoms with van der Waals surface area (Å²) in [6.45, 7) is 6.01. The summed E-state index contributed by atoms with van der Waals surface area (Å²) in [5.41, 5.74) is 1.70. The second-order valence-electron chi connectivity index (χ2n) is 5.97. The lowest BCUT2D eigenvalue weighted by Gasteiger charge is -2.15. The van der Waals surface area contributed by atoms with Crippen molar-refractivity contribution in [1.29, 1.82) is 0 Å². The maximum atomic E-state index is 13.0. The molecule has 1 saturated heterocycles. The summed E-state index contributed by atoms with van der Waals surface area (Å²) in [5, 5.41) is 0.663. The zero-order chi connectivity index (χ0) is 19.8. The van der Waals surface area contributed by atoms with Crippen LogP contribution in [0.2, 0.25) is 0 Å². The number of carbonyl (C=O) groups is 1. The normalized spacial score (nSPS) is 16.9. The summed E-state index contributed by atoms with van der Waals surface area (Å²) in [4.78, 5) is 20.0. The lowest BCUT2D eigenvalue weighted by molar-refractivity contribution is -0.122. The van der Waals surface area contributed by atoms with Crippen molar-refractivity contribution in [3.63, 3.8) is 0 Å². The Balaban J connectivity index is 1.91. The molecule has 0 atom stereocenters. The summed E-state index contributed by atoms with van der Waals surface area (Å²) < 4.78 is 11.1. The van der Waals surface area contributed by atoms with Crippen LogP contribution < -0.4 is 4.74 Å².